The first-order valence-corrected chi connectivity index (χ1v) is 6.64. The van der Waals surface area contributed by atoms with Crippen molar-refractivity contribution in [1.82, 2.24) is 14.8 Å². The van der Waals surface area contributed by atoms with Crippen molar-refractivity contribution in [3.8, 4) is 0 Å². The molecule has 1 aromatic carbocycles. The Morgan fingerprint density at radius 2 is 1.78 bits per heavy atom. The minimum atomic E-state index is 0.681. The van der Waals surface area contributed by atoms with Crippen LogP contribution >= 0.6 is 15.9 Å². The highest BCUT2D eigenvalue weighted by Gasteiger charge is 2.07. The summed E-state index contributed by atoms with van der Waals surface area (Å²) in [7, 11) is 1.98. The lowest BCUT2D eigenvalue weighted by Gasteiger charge is -2.13. The highest BCUT2D eigenvalue weighted by Crippen LogP contribution is 2.25. The third kappa shape index (κ3) is 2.56. The van der Waals surface area contributed by atoms with E-state index < -0.39 is 0 Å². The molecule has 2 rings (SSSR count). The second-order valence-electron chi connectivity index (χ2n) is 4.49. The molecule has 0 saturated carbocycles. The maximum atomic E-state index is 4.15. The standard InChI is InChI=1S/C13H17BrN4/c1-8-5-11(14)6-9(2)13(8)15-7-12-17-16-10(3)18(12)4/h5-6,15H,7H2,1-4H3. The van der Waals surface area contributed by atoms with Crippen molar-refractivity contribution in [2.75, 3.05) is 5.32 Å². The molecule has 1 heterocycles. The first kappa shape index (κ1) is 13.1. The third-order valence-electron chi connectivity index (χ3n) is 3.10. The van der Waals surface area contributed by atoms with E-state index in [0.717, 1.165) is 16.1 Å². The van der Waals surface area contributed by atoms with Gasteiger partial charge in [0.15, 0.2) is 5.82 Å². The molecule has 0 unspecified atom stereocenters. The van der Waals surface area contributed by atoms with E-state index in [1.54, 1.807) is 0 Å². The number of anilines is 1. The number of aromatic nitrogens is 3. The second kappa shape index (κ2) is 5.10. The zero-order valence-corrected chi connectivity index (χ0v) is 12.7. The molecule has 5 heteroatoms. The van der Waals surface area contributed by atoms with Gasteiger partial charge in [-0.25, -0.2) is 0 Å². The summed E-state index contributed by atoms with van der Waals surface area (Å²) < 4.78 is 3.11. The maximum absolute atomic E-state index is 4.15. The summed E-state index contributed by atoms with van der Waals surface area (Å²) in [6, 6.07) is 4.22. The molecule has 4 nitrogen and oxygen atoms in total. The molecule has 0 bridgehead atoms. The van der Waals surface area contributed by atoms with E-state index >= 15 is 0 Å². The topological polar surface area (TPSA) is 42.7 Å². The van der Waals surface area contributed by atoms with E-state index in [-0.39, 0.29) is 0 Å². The lowest BCUT2D eigenvalue weighted by atomic mass is 10.1. The Morgan fingerprint density at radius 3 is 2.28 bits per heavy atom. The Kier molecular flexibility index (Phi) is 3.71. The van der Waals surface area contributed by atoms with E-state index in [1.807, 2.05) is 18.5 Å². The summed E-state index contributed by atoms with van der Waals surface area (Å²) in [5.74, 6) is 1.87. The van der Waals surface area contributed by atoms with Gasteiger partial charge in [0.1, 0.15) is 5.82 Å². The zero-order valence-electron chi connectivity index (χ0n) is 11.1. The summed E-state index contributed by atoms with van der Waals surface area (Å²) in [6.45, 7) is 6.83. The van der Waals surface area contributed by atoms with E-state index in [2.05, 4.69) is 57.4 Å². The van der Waals surface area contributed by atoms with Gasteiger partial charge in [0, 0.05) is 17.2 Å². The Morgan fingerprint density at radius 1 is 1.17 bits per heavy atom. The molecule has 96 valence electrons. The summed E-state index contributed by atoms with van der Waals surface area (Å²) in [5.41, 5.74) is 3.61. The normalized spacial score (nSPS) is 10.7. The Balaban J connectivity index is 2.18. The van der Waals surface area contributed by atoms with Crippen LogP contribution in [0.1, 0.15) is 22.8 Å². The van der Waals surface area contributed by atoms with Crippen molar-refractivity contribution in [3.05, 3.63) is 39.4 Å². The van der Waals surface area contributed by atoms with Crippen LogP contribution in [0.5, 0.6) is 0 Å². The fourth-order valence-electron chi connectivity index (χ4n) is 1.96. The Labute approximate surface area is 116 Å². The van der Waals surface area contributed by atoms with E-state index in [4.69, 9.17) is 0 Å². The van der Waals surface area contributed by atoms with Crippen LogP contribution in [-0.2, 0) is 13.6 Å². The molecular formula is C13H17BrN4. The maximum Gasteiger partial charge on any atom is 0.152 e. The summed E-state index contributed by atoms with van der Waals surface area (Å²) in [5, 5.41) is 11.6. The fraction of sp³-hybridized carbons (Fsp3) is 0.385. The minimum Gasteiger partial charge on any atom is -0.377 e. The number of hydrogen-bond acceptors (Lipinski definition) is 3. The van der Waals surface area contributed by atoms with Crippen LogP contribution in [0, 0.1) is 20.8 Å². The third-order valence-corrected chi connectivity index (χ3v) is 3.56. The van der Waals surface area contributed by atoms with Gasteiger partial charge < -0.3 is 9.88 Å². The van der Waals surface area contributed by atoms with Crippen molar-refractivity contribution >= 4 is 21.6 Å². The van der Waals surface area contributed by atoms with Crippen molar-refractivity contribution in [2.45, 2.75) is 27.3 Å². The number of benzene rings is 1. The molecule has 0 atom stereocenters. The summed E-state index contributed by atoms with van der Waals surface area (Å²) >= 11 is 3.50. The molecule has 0 spiro atoms. The number of aryl methyl sites for hydroxylation is 3. The predicted octanol–water partition coefficient (Wildman–Crippen LogP) is 3.11. The summed E-state index contributed by atoms with van der Waals surface area (Å²) in [4.78, 5) is 0. The Bertz CT molecular complexity index is 551. The molecule has 2 aromatic rings. The van der Waals surface area contributed by atoms with Crippen molar-refractivity contribution in [3.63, 3.8) is 0 Å². The lowest BCUT2D eigenvalue weighted by Crippen LogP contribution is -2.08. The van der Waals surface area contributed by atoms with Crippen molar-refractivity contribution in [2.24, 2.45) is 7.05 Å². The molecule has 1 aromatic heterocycles. The highest BCUT2D eigenvalue weighted by molar-refractivity contribution is 9.10. The number of hydrogen-bond donors (Lipinski definition) is 1. The SMILES string of the molecule is Cc1cc(Br)cc(C)c1NCc1nnc(C)n1C. The smallest absolute Gasteiger partial charge is 0.152 e. The number of nitrogens with zero attached hydrogens (tertiary/aromatic N) is 3. The minimum absolute atomic E-state index is 0.681. The molecule has 0 fully saturated rings. The molecule has 0 radical (unpaired) electrons. The molecule has 0 saturated heterocycles. The van der Waals surface area contributed by atoms with E-state index in [1.165, 1.54) is 16.8 Å². The monoisotopic (exact) mass is 308 g/mol. The molecule has 0 amide bonds. The average molecular weight is 309 g/mol. The highest BCUT2D eigenvalue weighted by atomic mass is 79.9. The van der Waals surface area contributed by atoms with Gasteiger partial charge in [0.2, 0.25) is 0 Å². The van der Waals surface area contributed by atoms with Crippen LogP contribution in [0.2, 0.25) is 0 Å². The largest absolute Gasteiger partial charge is 0.377 e. The zero-order chi connectivity index (χ0) is 13.3. The van der Waals surface area contributed by atoms with E-state index in [0.29, 0.717) is 6.54 Å². The Hall–Kier alpha value is -1.36. The van der Waals surface area contributed by atoms with Gasteiger partial charge in [-0.05, 0) is 44.0 Å². The molecule has 18 heavy (non-hydrogen) atoms. The van der Waals surface area contributed by atoms with Crippen molar-refractivity contribution < 1.29 is 0 Å². The van der Waals surface area contributed by atoms with Crippen LogP contribution in [-0.4, -0.2) is 14.8 Å². The van der Waals surface area contributed by atoms with Gasteiger partial charge in [-0.1, -0.05) is 15.9 Å². The summed E-state index contributed by atoms with van der Waals surface area (Å²) in [6.07, 6.45) is 0. The van der Waals surface area contributed by atoms with Crippen LogP contribution in [0.25, 0.3) is 0 Å². The van der Waals surface area contributed by atoms with Gasteiger partial charge in [0.25, 0.3) is 0 Å². The van der Waals surface area contributed by atoms with E-state index in [9.17, 15) is 0 Å². The number of rotatable bonds is 3. The quantitative estimate of drug-likeness (QED) is 0.947. The van der Waals surface area contributed by atoms with Crippen LogP contribution in [0.3, 0.4) is 0 Å². The second-order valence-corrected chi connectivity index (χ2v) is 5.41. The van der Waals surface area contributed by atoms with Gasteiger partial charge in [0.05, 0.1) is 6.54 Å². The lowest BCUT2D eigenvalue weighted by molar-refractivity contribution is 0.788. The molecule has 0 aliphatic rings. The van der Waals surface area contributed by atoms with Crippen LogP contribution in [0.15, 0.2) is 16.6 Å². The van der Waals surface area contributed by atoms with Gasteiger partial charge >= 0.3 is 0 Å². The molecular weight excluding hydrogens is 292 g/mol. The first-order chi connectivity index (χ1) is 8.49. The number of halogens is 1. The average Bonchev–Trinajstić information content (AvgIpc) is 2.59. The number of nitrogens with one attached hydrogen (secondary N) is 1. The predicted molar refractivity (Wildman–Crippen MR) is 76.7 cm³/mol. The van der Waals surface area contributed by atoms with Crippen LogP contribution < -0.4 is 5.32 Å². The molecule has 0 aliphatic heterocycles. The molecule has 1 N–H and O–H groups in total. The van der Waals surface area contributed by atoms with Gasteiger partial charge in [-0.2, -0.15) is 0 Å². The van der Waals surface area contributed by atoms with Crippen molar-refractivity contribution in [1.29, 1.82) is 0 Å². The van der Waals surface area contributed by atoms with Gasteiger partial charge in [-0.3, -0.25) is 0 Å². The molecule has 0 aliphatic carbocycles. The van der Waals surface area contributed by atoms with Crippen LogP contribution in [0.4, 0.5) is 5.69 Å². The first-order valence-electron chi connectivity index (χ1n) is 5.84. The van der Waals surface area contributed by atoms with Gasteiger partial charge in [-0.15, -0.1) is 10.2 Å². The fourth-order valence-corrected chi connectivity index (χ4v) is 2.65.